The molecule has 19 heavy (non-hydrogen) atoms. The number of ether oxygens (including phenoxy) is 1. The highest BCUT2D eigenvalue weighted by Gasteiger charge is 2.27. The van der Waals surface area contributed by atoms with E-state index < -0.39 is 0 Å². The van der Waals surface area contributed by atoms with E-state index in [0.717, 1.165) is 45.0 Å². The van der Waals surface area contributed by atoms with Gasteiger partial charge in [-0.1, -0.05) is 6.92 Å². The smallest absolute Gasteiger partial charge is 0.126 e. The molecule has 1 saturated heterocycles. The van der Waals surface area contributed by atoms with E-state index in [4.69, 9.17) is 4.74 Å². The van der Waals surface area contributed by atoms with Gasteiger partial charge < -0.3 is 15.0 Å². The van der Waals surface area contributed by atoms with Crippen molar-refractivity contribution in [1.82, 2.24) is 9.88 Å². The third-order valence-corrected chi connectivity index (χ3v) is 3.72. The van der Waals surface area contributed by atoms with Crippen molar-refractivity contribution in [2.75, 3.05) is 39.2 Å². The Balaban J connectivity index is 1.91. The highest BCUT2D eigenvalue weighted by molar-refractivity contribution is 5.37. The second-order valence-corrected chi connectivity index (χ2v) is 6.06. The maximum Gasteiger partial charge on any atom is 0.126 e. The molecule has 1 aromatic rings. The summed E-state index contributed by atoms with van der Waals surface area (Å²) in [7, 11) is 4.16. The summed E-state index contributed by atoms with van der Waals surface area (Å²) in [6.07, 6.45) is 4.13. The lowest BCUT2D eigenvalue weighted by atomic mass is 9.82. The van der Waals surface area contributed by atoms with E-state index in [2.05, 4.69) is 48.4 Å². The van der Waals surface area contributed by atoms with Gasteiger partial charge in [-0.05, 0) is 50.0 Å². The van der Waals surface area contributed by atoms with E-state index in [1.54, 1.807) is 0 Å². The van der Waals surface area contributed by atoms with E-state index >= 15 is 0 Å². The summed E-state index contributed by atoms with van der Waals surface area (Å²) in [4.78, 5) is 6.57. The molecule has 0 saturated carbocycles. The lowest BCUT2D eigenvalue weighted by Gasteiger charge is -2.33. The molecule has 106 valence electrons. The molecule has 0 bridgehead atoms. The van der Waals surface area contributed by atoms with Gasteiger partial charge >= 0.3 is 0 Å². The normalized spacial score (nSPS) is 18.5. The Hall–Kier alpha value is -1.13. The standard InChI is InChI=1S/C15H25N3O/c1-15(5-8-19-9-6-15)12-17-14-10-13(4-7-16-14)11-18(2)3/h4,7,10H,5-6,8-9,11-12H2,1-3H3,(H,16,17). The molecule has 4 nitrogen and oxygen atoms in total. The Morgan fingerprint density at radius 2 is 2.11 bits per heavy atom. The molecular weight excluding hydrogens is 238 g/mol. The number of pyridine rings is 1. The first kappa shape index (κ1) is 14.3. The van der Waals surface area contributed by atoms with Crippen LogP contribution in [0.4, 0.5) is 5.82 Å². The molecule has 0 radical (unpaired) electrons. The van der Waals surface area contributed by atoms with Crippen LogP contribution in [0.15, 0.2) is 18.3 Å². The Bertz CT molecular complexity index is 400. The van der Waals surface area contributed by atoms with Gasteiger partial charge in [-0.15, -0.1) is 0 Å². The molecule has 2 heterocycles. The minimum absolute atomic E-state index is 0.331. The van der Waals surface area contributed by atoms with Crippen LogP contribution in [-0.4, -0.2) is 43.7 Å². The number of nitrogens with one attached hydrogen (secondary N) is 1. The average molecular weight is 263 g/mol. The lowest BCUT2D eigenvalue weighted by Crippen LogP contribution is -2.33. The lowest BCUT2D eigenvalue weighted by molar-refractivity contribution is 0.0300. The van der Waals surface area contributed by atoms with E-state index in [1.165, 1.54) is 5.56 Å². The zero-order valence-electron chi connectivity index (χ0n) is 12.3. The summed E-state index contributed by atoms with van der Waals surface area (Å²) in [5.41, 5.74) is 1.62. The van der Waals surface area contributed by atoms with Gasteiger partial charge in [0.05, 0.1) is 0 Å². The number of rotatable bonds is 5. The second-order valence-electron chi connectivity index (χ2n) is 6.06. The van der Waals surface area contributed by atoms with Crippen molar-refractivity contribution in [3.63, 3.8) is 0 Å². The predicted molar refractivity (Wildman–Crippen MR) is 78.3 cm³/mol. The first-order chi connectivity index (χ1) is 9.07. The zero-order chi connectivity index (χ0) is 13.7. The van der Waals surface area contributed by atoms with Crippen LogP contribution in [0.2, 0.25) is 0 Å². The van der Waals surface area contributed by atoms with Crippen molar-refractivity contribution in [3.8, 4) is 0 Å². The molecule has 0 spiro atoms. The van der Waals surface area contributed by atoms with Crippen molar-refractivity contribution in [2.45, 2.75) is 26.3 Å². The van der Waals surface area contributed by atoms with Gasteiger partial charge in [-0.2, -0.15) is 0 Å². The van der Waals surface area contributed by atoms with Crippen molar-refractivity contribution in [2.24, 2.45) is 5.41 Å². The van der Waals surface area contributed by atoms with E-state index in [-0.39, 0.29) is 0 Å². The molecule has 2 rings (SSSR count). The van der Waals surface area contributed by atoms with E-state index in [0.29, 0.717) is 5.41 Å². The van der Waals surface area contributed by atoms with E-state index in [1.807, 2.05) is 6.20 Å². The number of nitrogens with zero attached hydrogens (tertiary/aromatic N) is 2. The molecular formula is C15H25N3O. The van der Waals surface area contributed by atoms with Gasteiger partial charge in [0.2, 0.25) is 0 Å². The molecule has 1 fully saturated rings. The van der Waals surface area contributed by atoms with Gasteiger partial charge in [0.15, 0.2) is 0 Å². The molecule has 1 aliphatic heterocycles. The van der Waals surface area contributed by atoms with Crippen molar-refractivity contribution >= 4 is 5.82 Å². The summed E-state index contributed by atoms with van der Waals surface area (Å²) in [6.45, 7) is 6.00. The maximum absolute atomic E-state index is 5.43. The third kappa shape index (κ3) is 4.48. The van der Waals surface area contributed by atoms with Crippen molar-refractivity contribution in [1.29, 1.82) is 0 Å². The van der Waals surface area contributed by atoms with Crippen LogP contribution < -0.4 is 5.32 Å². The molecule has 4 heteroatoms. The second kappa shape index (κ2) is 6.35. The molecule has 1 N–H and O–H groups in total. The van der Waals surface area contributed by atoms with Gasteiger partial charge in [-0.25, -0.2) is 4.98 Å². The quantitative estimate of drug-likeness (QED) is 0.885. The highest BCUT2D eigenvalue weighted by atomic mass is 16.5. The Labute approximate surface area is 116 Å². The Morgan fingerprint density at radius 3 is 2.79 bits per heavy atom. The predicted octanol–water partition coefficient (Wildman–Crippen LogP) is 2.37. The number of hydrogen-bond acceptors (Lipinski definition) is 4. The molecule has 1 aliphatic rings. The summed E-state index contributed by atoms with van der Waals surface area (Å²) >= 11 is 0. The van der Waals surface area contributed by atoms with Crippen LogP contribution in [0.3, 0.4) is 0 Å². The van der Waals surface area contributed by atoms with Gasteiger partial charge in [0.1, 0.15) is 5.82 Å². The Kier molecular flexibility index (Phi) is 4.77. The fourth-order valence-corrected chi connectivity index (χ4v) is 2.38. The molecule has 0 aromatic carbocycles. The summed E-state index contributed by atoms with van der Waals surface area (Å²) in [5.74, 6) is 0.979. The van der Waals surface area contributed by atoms with Crippen LogP contribution in [0.25, 0.3) is 0 Å². The van der Waals surface area contributed by atoms with E-state index in [9.17, 15) is 0 Å². The number of aromatic nitrogens is 1. The van der Waals surface area contributed by atoms with Crippen LogP contribution in [-0.2, 0) is 11.3 Å². The van der Waals surface area contributed by atoms with Crippen LogP contribution >= 0.6 is 0 Å². The third-order valence-electron chi connectivity index (χ3n) is 3.72. The van der Waals surface area contributed by atoms with Gasteiger partial charge in [0.25, 0.3) is 0 Å². The minimum atomic E-state index is 0.331. The SMILES string of the molecule is CN(C)Cc1ccnc(NCC2(C)CCOCC2)c1. The summed E-state index contributed by atoms with van der Waals surface area (Å²) in [6, 6.07) is 4.21. The first-order valence-electron chi connectivity index (χ1n) is 6.99. The van der Waals surface area contributed by atoms with Crippen molar-refractivity contribution in [3.05, 3.63) is 23.9 Å². The number of anilines is 1. The summed E-state index contributed by atoms with van der Waals surface area (Å²) in [5, 5.41) is 3.48. The highest BCUT2D eigenvalue weighted by Crippen LogP contribution is 2.29. The minimum Gasteiger partial charge on any atom is -0.381 e. The fourth-order valence-electron chi connectivity index (χ4n) is 2.38. The van der Waals surface area contributed by atoms with Crippen LogP contribution in [0, 0.1) is 5.41 Å². The molecule has 0 atom stereocenters. The monoisotopic (exact) mass is 263 g/mol. The van der Waals surface area contributed by atoms with Crippen LogP contribution in [0.1, 0.15) is 25.3 Å². The molecule has 0 aliphatic carbocycles. The fraction of sp³-hybridized carbons (Fsp3) is 0.667. The molecule has 0 unspecified atom stereocenters. The molecule has 1 aromatic heterocycles. The van der Waals surface area contributed by atoms with Gasteiger partial charge in [0, 0.05) is 32.5 Å². The Morgan fingerprint density at radius 1 is 1.37 bits per heavy atom. The van der Waals surface area contributed by atoms with Gasteiger partial charge in [-0.3, -0.25) is 0 Å². The zero-order valence-corrected chi connectivity index (χ0v) is 12.3. The van der Waals surface area contributed by atoms with Crippen molar-refractivity contribution < 1.29 is 4.74 Å². The number of hydrogen-bond donors (Lipinski definition) is 1. The maximum atomic E-state index is 5.43. The largest absolute Gasteiger partial charge is 0.381 e. The van der Waals surface area contributed by atoms with Crippen LogP contribution in [0.5, 0.6) is 0 Å². The first-order valence-corrected chi connectivity index (χ1v) is 6.99. The molecule has 0 amide bonds. The average Bonchev–Trinajstić information content (AvgIpc) is 2.37. The topological polar surface area (TPSA) is 37.4 Å². The summed E-state index contributed by atoms with van der Waals surface area (Å²) < 4.78 is 5.43.